The van der Waals surface area contributed by atoms with Crippen LogP contribution in [0.1, 0.15) is 51.4 Å². The van der Waals surface area contributed by atoms with Crippen LogP contribution in [0.4, 0.5) is 0 Å². The molecular weight excluding hydrogens is 404 g/mol. The molecule has 4 rings (SSSR count). The van der Waals surface area contributed by atoms with E-state index in [0.29, 0.717) is 76.5 Å². The third-order valence-corrected chi connectivity index (χ3v) is 7.49. The van der Waals surface area contributed by atoms with E-state index in [1.54, 1.807) is 0 Å². The molecule has 0 aromatic carbocycles. The fourth-order valence-electron chi connectivity index (χ4n) is 5.11. The van der Waals surface area contributed by atoms with Crippen molar-refractivity contribution in [2.75, 3.05) is 52.9 Å². The second-order valence-corrected chi connectivity index (χ2v) is 10.1. The van der Waals surface area contributed by atoms with Crippen molar-refractivity contribution in [3.05, 3.63) is 0 Å². The van der Waals surface area contributed by atoms with Gasteiger partial charge in [-0.25, -0.2) is 0 Å². The molecule has 0 aromatic heterocycles. The van der Waals surface area contributed by atoms with Crippen molar-refractivity contribution in [2.45, 2.75) is 64.3 Å². The third kappa shape index (κ3) is 6.84. The molecule has 2 aliphatic carbocycles. The number of hydrogen-bond acceptors (Lipinski definition) is 8. The summed E-state index contributed by atoms with van der Waals surface area (Å²) < 4.78 is 34.9. The van der Waals surface area contributed by atoms with Crippen LogP contribution in [-0.4, -0.2) is 76.0 Å². The van der Waals surface area contributed by atoms with Crippen molar-refractivity contribution < 1.29 is 38.6 Å². The predicted octanol–water partition coefficient (Wildman–Crippen LogP) is 2.26. The lowest BCUT2D eigenvalue weighted by atomic mass is 9.83. The smallest absolute Gasteiger partial charge is 0.271 e. The lowest BCUT2D eigenvalue weighted by molar-refractivity contribution is -0.393. The molecule has 0 aromatic rings. The zero-order valence-electron chi connectivity index (χ0n) is 18.6. The highest BCUT2D eigenvalue weighted by Gasteiger charge is 2.43. The maximum atomic E-state index is 9.25. The first-order valence-corrected chi connectivity index (χ1v) is 12.1. The molecule has 0 unspecified atom stereocenters. The van der Waals surface area contributed by atoms with E-state index in [9.17, 15) is 10.2 Å². The van der Waals surface area contributed by atoms with E-state index in [1.807, 2.05) is 0 Å². The molecule has 0 radical (unpaired) electrons. The van der Waals surface area contributed by atoms with E-state index in [1.165, 1.54) is 0 Å². The van der Waals surface area contributed by atoms with Gasteiger partial charge in [0.15, 0.2) is 0 Å². The molecule has 2 saturated heterocycles. The van der Waals surface area contributed by atoms with E-state index < -0.39 is 13.0 Å². The normalized spacial score (nSPS) is 42.0. The minimum absolute atomic E-state index is 0.298. The maximum Gasteiger partial charge on any atom is 0.271 e. The van der Waals surface area contributed by atoms with Gasteiger partial charge in [-0.1, -0.05) is 0 Å². The minimum atomic E-state index is -0.621. The molecule has 2 heterocycles. The number of rotatable bonds is 8. The molecule has 4 aliphatic rings. The summed E-state index contributed by atoms with van der Waals surface area (Å²) in [6.07, 6.45) is 8.65. The molecule has 1 spiro atoms. The SMILES string of the molecule is OCC1CCC(COC2OCC3(CO2)COC(OCC2CCC(CO)CC2)OC3)CC1. The summed E-state index contributed by atoms with van der Waals surface area (Å²) in [5.41, 5.74) is -0.307. The van der Waals surface area contributed by atoms with E-state index in [0.717, 1.165) is 51.4 Å². The van der Waals surface area contributed by atoms with Gasteiger partial charge in [-0.15, -0.1) is 0 Å². The lowest BCUT2D eigenvalue weighted by Crippen LogP contribution is -2.53. The van der Waals surface area contributed by atoms with Crippen molar-refractivity contribution in [3.63, 3.8) is 0 Å². The van der Waals surface area contributed by atoms with Crippen LogP contribution in [0, 0.1) is 29.1 Å². The summed E-state index contributed by atoms with van der Waals surface area (Å²) in [6.45, 7) is 2.54. The van der Waals surface area contributed by atoms with Gasteiger partial charge in [-0.05, 0) is 75.0 Å². The first-order valence-electron chi connectivity index (χ1n) is 12.1. The van der Waals surface area contributed by atoms with Gasteiger partial charge in [0.25, 0.3) is 13.0 Å². The summed E-state index contributed by atoms with van der Waals surface area (Å²) in [7, 11) is 0. The Morgan fingerprint density at radius 3 is 1.19 bits per heavy atom. The quantitative estimate of drug-likeness (QED) is 0.589. The van der Waals surface area contributed by atoms with Crippen LogP contribution < -0.4 is 0 Å². The number of aliphatic hydroxyl groups is 2. The molecule has 8 heteroatoms. The molecule has 8 nitrogen and oxygen atoms in total. The van der Waals surface area contributed by atoms with Crippen LogP contribution >= 0.6 is 0 Å². The fourth-order valence-corrected chi connectivity index (χ4v) is 5.11. The molecule has 31 heavy (non-hydrogen) atoms. The largest absolute Gasteiger partial charge is 0.396 e. The topological polar surface area (TPSA) is 95.8 Å². The Labute approximate surface area is 185 Å². The predicted molar refractivity (Wildman–Crippen MR) is 111 cm³/mol. The number of aliphatic hydroxyl groups excluding tert-OH is 2. The van der Waals surface area contributed by atoms with Crippen LogP contribution in [0.15, 0.2) is 0 Å². The summed E-state index contributed by atoms with van der Waals surface area (Å²) in [6, 6.07) is 0. The van der Waals surface area contributed by atoms with Gasteiger partial charge in [0.1, 0.15) is 0 Å². The van der Waals surface area contributed by atoms with E-state index in [4.69, 9.17) is 28.4 Å². The Balaban J connectivity index is 1.08. The van der Waals surface area contributed by atoms with Crippen molar-refractivity contribution >= 4 is 0 Å². The van der Waals surface area contributed by atoms with Crippen LogP contribution in [-0.2, 0) is 28.4 Å². The molecule has 4 fully saturated rings. The third-order valence-electron chi connectivity index (χ3n) is 7.49. The number of hydrogen-bond donors (Lipinski definition) is 2. The van der Waals surface area contributed by atoms with Gasteiger partial charge in [0.2, 0.25) is 0 Å². The van der Waals surface area contributed by atoms with Crippen molar-refractivity contribution in [1.29, 1.82) is 0 Å². The monoisotopic (exact) mass is 444 g/mol. The lowest BCUT2D eigenvalue weighted by Gasteiger charge is -2.43. The molecule has 0 amide bonds. The summed E-state index contributed by atoms with van der Waals surface area (Å²) >= 11 is 0. The standard InChI is InChI=1S/C23H40O8/c24-9-17-1-5-19(6-2-17)11-26-21-28-13-23(14-29-21)15-30-22(31-16-23)27-12-20-7-3-18(10-25)4-8-20/h17-22,24-25H,1-16H2. The molecule has 0 atom stereocenters. The van der Waals surface area contributed by atoms with Crippen LogP contribution in [0.3, 0.4) is 0 Å². The van der Waals surface area contributed by atoms with Crippen LogP contribution in [0.2, 0.25) is 0 Å². The van der Waals surface area contributed by atoms with Crippen molar-refractivity contribution in [3.8, 4) is 0 Å². The van der Waals surface area contributed by atoms with Crippen molar-refractivity contribution in [1.82, 2.24) is 0 Å². The van der Waals surface area contributed by atoms with Gasteiger partial charge in [-0.3, -0.25) is 0 Å². The van der Waals surface area contributed by atoms with E-state index >= 15 is 0 Å². The molecule has 0 bridgehead atoms. The average molecular weight is 445 g/mol. The zero-order valence-corrected chi connectivity index (χ0v) is 18.6. The van der Waals surface area contributed by atoms with Crippen LogP contribution in [0.25, 0.3) is 0 Å². The van der Waals surface area contributed by atoms with Gasteiger partial charge >= 0.3 is 0 Å². The Morgan fingerprint density at radius 1 is 0.548 bits per heavy atom. The second kappa shape index (κ2) is 11.7. The summed E-state index contributed by atoms with van der Waals surface area (Å²) in [5, 5.41) is 18.5. The van der Waals surface area contributed by atoms with E-state index in [2.05, 4.69) is 0 Å². The van der Waals surface area contributed by atoms with Crippen molar-refractivity contribution in [2.24, 2.45) is 29.1 Å². The van der Waals surface area contributed by atoms with E-state index in [-0.39, 0.29) is 5.41 Å². The first-order chi connectivity index (χ1) is 15.2. The maximum absolute atomic E-state index is 9.25. The van der Waals surface area contributed by atoms with Crippen LogP contribution in [0.5, 0.6) is 0 Å². The molecule has 180 valence electrons. The Hall–Kier alpha value is -0.320. The van der Waals surface area contributed by atoms with Gasteiger partial charge < -0.3 is 38.6 Å². The van der Waals surface area contributed by atoms with Gasteiger partial charge in [-0.2, -0.15) is 0 Å². The highest BCUT2D eigenvalue weighted by Crippen LogP contribution is 2.33. The first kappa shape index (κ1) is 23.8. The number of ether oxygens (including phenoxy) is 6. The highest BCUT2D eigenvalue weighted by molar-refractivity contribution is 4.83. The highest BCUT2D eigenvalue weighted by atomic mass is 16.9. The fraction of sp³-hybridized carbons (Fsp3) is 1.00. The molecule has 2 aliphatic heterocycles. The van der Waals surface area contributed by atoms with Gasteiger partial charge in [0, 0.05) is 13.2 Å². The summed E-state index contributed by atoms with van der Waals surface area (Å²) in [5.74, 6) is 1.95. The Kier molecular flexibility index (Phi) is 8.99. The Morgan fingerprint density at radius 2 is 0.871 bits per heavy atom. The average Bonchev–Trinajstić information content (AvgIpc) is 2.84. The summed E-state index contributed by atoms with van der Waals surface area (Å²) in [4.78, 5) is 0. The molecular formula is C23H40O8. The second-order valence-electron chi connectivity index (χ2n) is 10.1. The molecule has 2 saturated carbocycles. The van der Waals surface area contributed by atoms with Gasteiger partial charge in [0.05, 0.1) is 45.1 Å². The Bertz CT molecular complexity index is 450. The minimum Gasteiger partial charge on any atom is -0.396 e. The zero-order chi connectivity index (χ0) is 21.5. The molecule has 2 N–H and O–H groups in total.